The van der Waals surface area contributed by atoms with Crippen molar-refractivity contribution in [2.75, 3.05) is 27.2 Å². The minimum atomic E-state index is 0.657. The van der Waals surface area contributed by atoms with Crippen LogP contribution in [-0.4, -0.2) is 38.1 Å². The van der Waals surface area contributed by atoms with Crippen molar-refractivity contribution in [2.45, 2.75) is 32.2 Å². The van der Waals surface area contributed by atoms with E-state index in [1.165, 1.54) is 25.8 Å². The number of nitrogens with one attached hydrogen (secondary N) is 1. The first kappa shape index (κ1) is 12.7. The second-order valence-electron chi connectivity index (χ2n) is 3.74. The van der Waals surface area contributed by atoms with Crippen molar-refractivity contribution < 1.29 is 0 Å². The molecule has 0 radical (unpaired) electrons. The highest BCUT2D eigenvalue weighted by atomic mass is 15.1. The molecule has 0 aliphatic heterocycles. The minimum Gasteiger partial charge on any atom is -0.317 e. The molecule has 0 aliphatic rings. The molecule has 0 aromatic rings. The van der Waals surface area contributed by atoms with Gasteiger partial charge in [-0.25, -0.2) is 0 Å². The molecule has 0 aromatic carbocycles. The number of rotatable bonds is 8. The van der Waals surface area contributed by atoms with Crippen LogP contribution in [0.5, 0.6) is 0 Å². The molecule has 78 valence electrons. The maximum absolute atomic E-state index is 3.72. The van der Waals surface area contributed by atoms with Gasteiger partial charge in [0.1, 0.15) is 0 Å². The first-order chi connectivity index (χ1) is 6.20. The fraction of sp³-hybridized carbons (Fsp3) is 0.818. The molecule has 0 spiro atoms. The maximum Gasteiger partial charge on any atom is 0.0157 e. The highest BCUT2D eigenvalue weighted by Gasteiger charge is 1.98. The summed E-state index contributed by atoms with van der Waals surface area (Å²) in [4.78, 5) is 2.30. The summed E-state index contributed by atoms with van der Waals surface area (Å²) in [6.45, 7) is 8.13. The van der Waals surface area contributed by atoms with Crippen molar-refractivity contribution in [3.63, 3.8) is 0 Å². The van der Waals surface area contributed by atoms with Gasteiger partial charge in [-0.1, -0.05) is 12.5 Å². The van der Waals surface area contributed by atoms with E-state index in [-0.39, 0.29) is 0 Å². The molecule has 1 unspecified atom stereocenters. The van der Waals surface area contributed by atoms with E-state index < -0.39 is 0 Å². The lowest BCUT2D eigenvalue weighted by Gasteiger charge is -2.14. The Morgan fingerprint density at radius 1 is 1.46 bits per heavy atom. The van der Waals surface area contributed by atoms with Gasteiger partial charge in [-0.3, -0.25) is 0 Å². The number of nitrogens with zero attached hydrogens (tertiary/aromatic N) is 1. The van der Waals surface area contributed by atoms with Crippen LogP contribution in [0.1, 0.15) is 26.2 Å². The molecule has 2 nitrogen and oxygen atoms in total. The Morgan fingerprint density at radius 3 is 2.69 bits per heavy atom. The van der Waals surface area contributed by atoms with Crippen LogP contribution >= 0.6 is 0 Å². The Balaban J connectivity index is 3.19. The molecule has 0 saturated carbocycles. The zero-order chi connectivity index (χ0) is 10.1. The van der Waals surface area contributed by atoms with Gasteiger partial charge in [-0.15, -0.1) is 6.58 Å². The smallest absolute Gasteiger partial charge is 0.0157 e. The summed E-state index contributed by atoms with van der Waals surface area (Å²) in [5.41, 5.74) is 0. The quantitative estimate of drug-likeness (QED) is 0.458. The summed E-state index contributed by atoms with van der Waals surface area (Å²) < 4.78 is 0. The van der Waals surface area contributed by atoms with Gasteiger partial charge in [0, 0.05) is 12.6 Å². The van der Waals surface area contributed by atoms with E-state index in [0.717, 1.165) is 6.54 Å². The van der Waals surface area contributed by atoms with Gasteiger partial charge >= 0.3 is 0 Å². The van der Waals surface area contributed by atoms with Gasteiger partial charge in [0.15, 0.2) is 0 Å². The van der Waals surface area contributed by atoms with E-state index in [1.807, 2.05) is 13.1 Å². The summed E-state index contributed by atoms with van der Waals surface area (Å²) in [5, 5.41) is 3.25. The molecule has 0 bridgehead atoms. The minimum absolute atomic E-state index is 0.657. The molecule has 2 heteroatoms. The van der Waals surface area contributed by atoms with E-state index >= 15 is 0 Å². The van der Waals surface area contributed by atoms with Gasteiger partial charge < -0.3 is 10.2 Å². The van der Waals surface area contributed by atoms with Crippen LogP contribution in [0.25, 0.3) is 0 Å². The van der Waals surface area contributed by atoms with E-state index in [4.69, 9.17) is 0 Å². The molecule has 0 saturated heterocycles. The standard InChI is InChI=1S/C11H24N2/c1-5-9-13(4)10-7-6-8-11(2)12-3/h5,11-12H,1,6-10H2,2-4H3. The van der Waals surface area contributed by atoms with Crippen molar-refractivity contribution >= 4 is 0 Å². The Kier molecular flexibility index (Phi) is 8.05. The van der Waals surface area contributed by atoms with Crippen molar-refractivity contribution in [1.29, 1.82) is 0 Å². The van der Waals surface area contributed by atoms with Crippen LogP contribution in [0.4, 0.5) is 0 Å². The number of hydrogen-bond acceptors (Lipinski definition) is 2. The van der Waals surface area contributed by atoms with Crippen molar-refractivity contribution in [1.82, 2.24) is 10.2 Å². The molecule has 0 fully saturated rings. The zero-order valence-electron chi connectivity index (χ0n) is 9.34. The molecule has 1 N–H and O–H groups in total. The van der Waals surface area contributed by atoms with Crippen LogP contribution in [0.3, 0.4) is 0 Å². The van der Waals surface area contributed by atoms with Gasteiger partial charge in [0.2, 0.25) is 0 Å². The van der Waals surface area contributed by atoms with E-state index in [9.17, 15) is 0 Å². The van der Waals surface area contributed by atoms with Crippen molar-refractivity contribution in [2.24, 2.45) is 0 Å². The molecule has 1 atom stereocenters. The summed E-state index contributed by atoms with van der Waals surface area (Å²) in [7, 11) is 4.16. The first-order valence-electron chi connectivity index (χ1n) is 5.17. The summed E-state index contributed by atoms with van der Waals surface area (Å²) in [5.74, 6) is 0. The predicted octanol–water partition coefficient (Wildman–Crippen LogP) is 1.88. The van der Waals surface area contributed by atoms with Crippen LogP contribution < -0.4 is 5.32 Å². The predicted molar refractivity (Wildman–Crippen MR) is 60.1 cm³/mol. The molecule has 0 rings (SSSR count). The van der Waals surface area contributed by atoms with Crippen molar-refractivity contribution in [3.8, 4) is 0 Å². The van der Waals surface area contributed by atoms with Gasteiger partial charge in [0.05, 0.1) is 0 Å². The molecule has 0 amide bonds. The third kappa shape index (κ3) is 8.00. The number of likely N-dealkylation sites (N-methyl/N-ethyl adjacent to an activating group) is 1. The second-order valence-corrected chi connectivity index (χ2v) is 3.74. The first-order valence-corrected chi connectivity index (χ1v) is 5.17. The lowest BCUT2D eigenvalue weighted by Crippen LogP contribution is -2.22. The van der Waals surface area contributed by atoms with E-state index in [0.29, 0.717) is 6.04 Å². The highest BCUT2D eigenvalue weighted by Crippen LogP contribution is 2.00. The third-order valence-corrected chi connectivity index (χ3v) is 2.36. The van der Waals surface area contributed by atoms with Crippen LogP contribution in [0, 0.1) is 0 Å². The SMILES string of the molecule is C=CCN(C)CCCCC(C)NC. The Hall–Kier alpha value is -0.340. The van der Waals surface area contributed by atoms with Crippen LogP contribution in [-0.2, 0) is 0 Å². The Bertz CT molecular complexity index is 123. The Labute approximate surface area is 83.0 Å². The lowest BCUT2D eigenvalue weighted by molar-refractivity contribution is 0.353. The molecule has 0 aromatic heterocycles. The molecular formula is C11H24N2. The average Bonchev–Trinajstić information content (AvgIpc) is 2.12. The van der Waals surface area contributed by atoms with E-state index in [2.05, 4.69) is 30.8 Å². The van der Waals surface area contributed by atoms with Crippen LogP contribution in [0.2, 0.25) is 0 Å². The topological polar surface area (TPSA) is 15.3 Å². The lowest BCUT2D eigenvalue weighted by atomic mass is 10.1. The fourth-order valence-corrected chi connectivity index (χ4v) is 1.29. The average molecular weight is 184 g/mol. The monoisotopic (exact) mass is 184 g/mol. The third-order valence-electron chi connectivity index (χ3n) is 2.36. The normalized spacial score (nSPS) is 13.2. The number of unbranched alkanes of at least 4 members (excludes halogenated alkanes) is 1. The zero-order valence-corrected chi connectivity index (χ0v) is 9.34. The fourth-order valence-electron chi connectivity index (χ4n) is 1.29. The van der Waals surface area contributed by atoms with Crippen molar-refractivity contribution in [3.05, 3.63) is 12.7 Å². The van der Waals surface area contributed by atoms with E-state index in [1.54, 1.807) is 0 Å². The number of hydrogen-bond donors (Lipinski definition) is 1. The summed E-state index contributed by atoms with van der Waals surface area (Å²) in [6.07, 6.45) is 5.83. The summed E-state index contributed by atoms with van der Waals surface area (Å²) >= 11 is 0. The Morgan fingerprint density at radius 2 is 2.15 bits per heavy atom. The van der Waals surface area contributed by atoms with Gasteiger partial charge in [-0.05, 0) is 40.4 Å². The maximum atomic E-state index is 3.72. The summed E-state index contributed by atoms with van der Waals surface area (Å²) in [6, 6.07) is 0.657. The second kappa shape index (κ2) is 8.27. The highest BCUT2D eigenvalue weighted by molar-refractivity contribution is 4.71. The van der Waals surface area contributed by atoms with Gasteiger partial charge in [0.25, 0.3) is 0 Å². The van der Waals surface area contributed by atoms with Crippen LogP contribution in [0.15, 0.2) is 12.7 Å². The van der Waals surface area contributed by atoms with Gasteiger partial charge in [-0.2, -0.15) is 0 Å². The molecule has 0 aliphatic carbocycles. The largest absolute Gasteiger partial charge is 0.317 e. The molecule has 0 heterocycles. The molecule has 13 heavy (non-hydrogen) atoms. The molecular weight excluding hydrogens is 160 g/mol.